The monoisotopic (exact) mass is 635 g/mol. The lowest BCUT2D eigenvalue weighted by molar-refractivity contribution is -0.139. The molecule has 0 saturated carbocycles. The molecule has 0 radical (unpaired) electrons. The number of anilines is 2. The van der Waals surface area contributed by atoms with Gasteiger partial charge in [-0.2, -0.15) is 18.3 Å². The van der Waals surface area contributed by atoms with Gasteiger partial charge in [-0.05, 0) is 37.5 Å². The van der Waals surface area contributed by atoms with Crippen molar-refractivity contribution in [1.82, 2.24) is 24.6 Å². The summed E-state index contributed by atoms with van der Waals surface area (Å²) in [6.45, 7) is 3.37. The third-order valence-electron chi connectivity index (χ3n) is 7.75. The van der Waals surface area contributed by atoms with Crippen molar-refractivity contribution in [2.24, 2.45) is 0 Å². The summed E-state index contributed by atoms with van der Waals surface area (Å²) in [4.78, 5) is 38.4. The summed E-state index contributed by atoms with van der Waals surface area (Å²) in [6.07, 6.45) is 0.485. The molecule has 4 heterocycles. The van der Waals surface area contributed by atoms with E-state index in [0.717, 1.165) is 23.7 Å². The molecule has 0 spiro atoms. The second-order valence-corrected chi connectivity index (χ2v) is 11.3. The van der Waals surface area contributed by atoms with E-state index in [1.807, 2.05) is 4.90 Å². The molecule has 2 atom stereocenters. The molecular formula is C29H33ClF3N7O4. The van der Waals surface area contributed by atoms with E-state index < -0.39 is 35.1 Å². The number of carbonyl (C=O) groups excluding carboxylic acids is 1. The Kier molecular flexibility index (Phi) is 9.59. The molecule has 2 aromatic heterocycles. The number of aromatic nitrogens is 4. The number of nitrogens with one attached hydrogen (secondary N) is 1. The molecule has 2 saturated heterocycles. The summed E-state index contributed by atoms with van der Waals surface area (Å²) in [5.41, 5.74) is -2.46. The molecule has 0 bridgehead atoms. The normalized spacial score (nSPS) is 18.5. The number of alkyl halides is 3. The van der Waals surface area contributed by atoms with E-state index >= 15 is 0 Å². The van der Waals surface area contributed by atoms with Crippen molar-refractivity contribution in [2.75, 3.05) is 43.6 Å². The SMILES string of the molecule is COc1ccc(Cn2ncc(N[C@@H](C)CO[C@@H]3CCN(C4CCN(c5ncc(Cl)cn5)CC4)C3=O)c(C(F)(F)F)c2=O)cc1. The van der Waals surface area contributed by atoms with Gasteiger partial charge in [0.1, 0.15) is 17.4 Å². The van der Waals surface area contributed by atoms with Crippen LogP contribution >= 0.6 is 11.6 Å². The Morgan fingerprint density at radius 1 is 1.05 bits per heavy atom. The van der Waals surface area contributed by atoms with Gasteiger partial charge in [-0.25, -0.2) is 14.6 Å². The summed E-state index contributed by atoms with van der Waals surface area (Å²) in [6, 6.07) is 6.02. The Morgan fingerprint density at radius 2 is 1.73 bits per heavy atom. The van der Waals surface area contributed by atoms with E-state index in [1.54, 1.807) is 43.6 Å². The van der Waals surface area contributed by atoms with E-state index in [0.29, 0.717) is 48.3 Å². The molecule has 1 N–H and O–H groups in total. The summed E-state index contributed by atoms with van der Waals surface area (Å²) >= 11 is 5.88. The maximum Gasteiger partial charge on any atom is 0.423 e. The van der Waals surface area contributed by atoms with Gasteiger partial charge in [0.25, 0.3) is 11.5 Å². The predicted molar refractivity (Wildman–Crippen MR) is 157 cm³/mol. The van der Waals surface area contributed by atoms with Gasteiger partial charge in [-0.3, -0.25) is 9.59 Å². The zero-order valence-electron chi connectivity index (χ0n) is 24.3. The standard InChI is InChI=1S/C29H33ClF3N7O4/c1-18(37-23-15-36-40(27(42)25(23)29(31,32)33)16-19-3-5-22(43-2)6-4-19)17-44-24-9-12-39(26(24)41)21-7-10-38(11-8-21)28-34-13-20(30)14-35-28/h3-6,13-15,18,21,24,37H,7-12,16-17H2,1-2H3/t18-,24+/m0/s1. The fraction of sp³-hybridized carbons (Fsp3) is 0.483. The average molecular weight is 636 g/mol. The molecule has 0 aliphatic carbocycles. The van der Waals surface area contributed by atoms with Crippen LogP contribution in [0.15, 0.2) is 47.7 Å². The van der Waals surface area contributed by atoms with Gasteiger partial charge in [-0.1, -0.05) is 23.7 Å². The first-order valence-corrected chi connectivity index (χ1v) is 14.6. The second-order valence-electron chi connectivity index (χ2n) is 10.8. The Bertz CT molecular complexity index is 1500. The molecule has 3 aromatic rings. The molecular weight excluding hydrogens is 603 g/mol. The van der Waals surface area contributed by atoms with Gasteiger partial charge in [-0.15, -0.1) is 0 Å². The van der Waals surface area contributed by atoms with Crippen LogP contribution in [0, 0.1) is 0 Å². The van der Waals surface area contributed by atoms with Gasteiger partial charge in [0.15, 0.2) is 0 Å². The minimum atomic E-state index is -4.91. The molecule has 1 aromatic carbocycles. The van der Waals surface area contributed by atoms with Crippen LogP contribution in [0.1, 0.15) is 37.3 Å². The van der Waals surface area contributed by atoms with Crippen LogP contribution in [0.4, 0.5) is 24.8 Å². The maximum absolute atomic E-state index is 14.0. The molecule has 2 aliphatic heterocycles. The number of ether oxygens (including phenoxy) is 2. The Balaban J connectivity index is 1.16. The molecule has 11 nitrogen and oxygen atoms in total. The summed E-state index contributed by atoms with van der Waals surface area (Å²) in [5.74, 6) is 1.05. The molecule has 2 fully saturated rings. The molecule has 2 aliphatic rings. The quantitative estimate of drug-likeness (QED) is 0.355. The first kappa shape index (κ1) is 31.5. The van der Waals surface area contributed by atoms with E-state index in [2.05, 4.69) is 25.3 Å². The van der Waals surface area contributed by atoms with Crippen LogP contribution in [0.3, 0.4) is 0 Å². The highest BCUT2D eigenvalue weighted by atomic mass is 35.5. The van der Waals surface area contributed by atoms with E-state index in [4.69, 9.17) is 21.1 Å². The molecule has 5 rings (SSSR count). The van der Waals surface area contributed by atoms with Gasteiger partial charge in [0.05, 0.1) is 49.6 Å². The highest BCUT2D eigenvalue weighted by molar-refractivity contribution is 6.30. The second kappa shape index (κ2) is 13.4. The molecule has 0 unspecified atom stereocenters. The number of halogens is 4. The van der Waals surface area contributed by atoms with Crippen molar-refractivity contribution in [2.45, 2.75) is 57.1 Å². The number of rotatable bonds is 10. The number of carbonyl (C=O) groups is 1. The van der Waals surface area contributed by atoms with Gasteiger partial charge in [0.2, 0.25) is 5.95 Å². The number of amides is 1. The lowest BCUT2D eigenvalue weighted by Gasteiger charge is -2.36. The number of likely N-dealkylation sites (tertiary alicyclic amines) is 1. The van der Waals surface area contributed by atoms with Crippen molar-refractivity contribution in [3.05, 3.63) is 69.4 Å². The first-order valence-electron chi connectivity index (χ1n) is 14.2. The first-order chi connectivity index (χ1) is 21.0. The lowest BCUT2D eigenvalue weighted by atomic mass is 10.0. The predicted octanol–water partition coefficient (Wildman–Crippen LogP) is 3.85. The van der Waals surface area contributed by atoms with Gasteiger partial charge < -0.3 is 24.6 Å². The number of hydrogen-bond acceptors (Lipinski definition) is 9. The highest BCUT2D eigenvalue weighted by Gasteiger charge is 2.40. The largest absolute Gasteiger partial charge is 0.497 e. The number of nitrogens with zero attached hydrogens (tertiary/aromatic N) is 6. The van der Waals surface area contributed by atoms with Crippen LogP contribution in [-0.4, -0.2) is 82.1 Å². The average Bonchev–Trinajstić information content (AvgIpc) is 3.37. The van der Waals surface area contributed by atoms with E-state index in [9.17, 15) is 22.8 Å². The minimum absolute atomic E-state index is 0.0389. The summed E-state index contributed by atoms with van der Waals surface area (Å²) in [5, 5.41) is 7.15. The zero-order chi connectivity index (χ0) is 31.4. The Hall–Kier alpha value is -3.91. The smallest absolute Gasteiger partial charge is 0.423 e. The van der Waals surface area contributed by atoms with E-state index in [1.165, 1.54) is 7.11 Å². The summed E-state index contributed by atoms with van der Waals surface area (Å²) < 4.78 is 53.8. The Morgan fingerprint density at radius 3 is 2.36 bits per heavy atom. The van der Waals surface area contributed by atoms with Crippen LogP contribution in [-0.2, 0) is 22.3 Å². The lowest BCUT2D eigenvalue weighted by Crippen LogP contribution is -2.47. The number of methoxy groups -OCH3 is 1. The number of benzene rings is 1. The Labute approximate surface area is 256 Å². The van der Waals surface area contributed by atoms with Crippen LogP contribution in [0.2, 0.25) is 5.02 Å². The van der Waals surface area contributed by atoms with E-state index in [-0.39, 0.29) is 25.1 Å². The molecule has 44 heavy (non-hydrogen) atoms. The van der Waals surface area contributed by atoms with Crippen molar-refractivity contribution >= 4 is 29.1 Å². The molecule has 15 heteroatoms. The third kappa shape index (κ3) is 7.24. The van der Waals surface area contributed by atoms with Crippen LogP contribution in [0.5, 0.6) is 5.75 Å². The van der Waals surface area contributed by atoms with Crippen molar-refractivity contribution in [3.63, 3.8) is 0 Å². The molecule has 236 valence electrons. The zero-order valence-corrected chi connectivity index (χ0v) is 25.0. The van der Waals surface area contributed by atoms with Crippen LogP contribution in [0.25, 0.3) is 0 Å². The fourth-order valence-electron chi connectivity index (χ4n) is 5.49. The highest BCUT2D eigenvalue weighted by Crippen LogP contribution is 2.32. The topological polar surface area (TPSA) is 115 Å². The van der Waals surface area contributed by atoms with Gasteiger partial charge in [0, 0.05) is 38.1 Å². The van der Waals surface area contributed by atoms with Crippen molar-refractivity contribution in [1.29, 1.82) is 0 Å². The maximum atomic E-state index is 14.0. The number of piperidine rings is 1. The van der Waals surface area contributed by atoms with Crippen molar-refractivity contribution < 1.29 is 27.4 Å². The summed E-state index contributed by atoms with van der Waals surface area (Å²) in [7, 11) is 1.50. The van der Waals surface area contributed by atoms with Crippen molar-refractivity contribution in [3.8, 4) is 5.75 Å². The minimum Gasteiger partial charge on any atom is -0.497 e. The number of hydrogen-bond donors (Lipinski definition) is 1. The van der Waals surface area contributed by atoms with Gasteiger partial charge >= 0.3 is 6.18 Å². The third-order valence-corrected chi connectivity index (χ3v) is 7.95. The van der Waals surface area contributed by atoms with Crippen LogP contribution < -0.4 is 20.5 Å². The molecule has 1 amide bonds. The fourth-order valence-corrected chi connectivity index (χ4v) is 5.59.